The van der Waals surface area contributed by atoms with Crippen molar-refractivity contribution in [3.8, 4) is 0 Å². The molecule has 1 aliphatic rings. The summed E-state index contributed by atoms with van der Waals surface area (Å²) < 4.78 is 0. The molecule has 1 fully saturated rings. The summed E-state index contributed by atoms with van der Waals surface area (Å²) in [7, 11) is 0. The molecular formula is C18H28ClNO2. The molecule has 1 atom stereocenters. The number of aryl methyl sites for hydroxylation is 1. The van der Waals surface area contributed by atoms with E-state index in [9.17, 15) is 9.90 Å². The van der Waals surface area contributed by atoms with Crippen molar-refractivity contribution in [2.75, 3.05) is 13.1 Å². The van der Waals surface area contributed by atoms with Gasteiger partial charge in [-0.1, -0.05) is 37.1 Å². The van der Waals surface area contributed by atoms with Crippen molar-refractivity contribution in [3.05, 3.63) is 35.4 Å². The maximum atomic E-state index is 11.2. The van der Waals surface area contributed by atoms with Crippen molar-refractivity contribution in [3.63, 3.8) is 0 Å². The molecule has 1 unspecified atom stereocenters. The summed E-state index contributed by atoms with van der Waals surface area (Å²) in [5, 5.41) is 12.6. The lowest BCUT2D eigenvalue weighted by atomic mass is 9.90. The summed E-state index contributed by atoms with van der Waals surface area (Å²) in [4.78, 5) is 11.2. The van der Waals surface area contributed by atoms with Crippen LogP contribution in [-0.2, 0) is 11.2 Å². The van der Waals surface area contributed by atoms with Gasteiger partial charge >= 0.3 is 5.97 Å². The third kappa shape index (κ3) is 5.62. The molecule has 0 aliphatic carbocycles. The molecule has 1 saturated heterocycles. The maximum Gasteiger partial charge on any atom is 0.310 e. The van der Waals surface area contributed by atoms with Crippen molar-refractivity contribution in [1.82, 2.24) is 5.32 Å². The van der Waals surface area contributed by atoms with Crippen molar-refractivity contribution in [1.29, 1.82) is 0 Å². The van der Waals surface area contributed by atoms with Crippen LogP contribution >= 0.6 is 12.4 Å². The Morgan fingerprint density at radius 1 is 1.27 bits per heavy atom. The van der Waals surface area contributed by atoms with Gasteiger partial charge in [0.1, 0.15) is 0 Å². The van der Waals surface area contributed by atoms with Gasteiger partial charge in [-0.05, 0) is 62.7 Å². The SMILES string of the molecule is CC(C(=O)O)c1ccccc1CCCCC1CCNCC1.Cl. The second-order valence-electron chi connectivity index (χ2n) is 6.20. The lowest BCUT2D eigenvalue weighted by Gasteiger charge is -2.22. The van der Waals surface area contributed by atoms with Gasteiger partial charge in [-0.2, -0.15) is 0 Å². The van der Waals surface area contributed by atoms with Crippen molar-refractivity contribution < 1.29 is 9.90 Å². The van der Waals surface area contributed by atoms with Gasteiger partial charge in [0.15, 0.2) is 0 Å². The van der Waals surface area contributed by atoms with Crippen LogP contribution in [0.2, 0.25) is 0 Å². The molecule has 1 aromatic rings. The first-order valence-corrected chi connectivity index (χ1v) is 8.20. The van der Waals surface area contributed by atoms with E-state index < -0.39 is 11.9 Å². The van der Waals surface area contributed by atoms with Crippen LogP contribution in [0.25, 0.3) is 0 Å². The monoisotopic (exact) mass is 325 g/mol. The second kappa shape index (κ2) is 9.86. The molecule has 0 saturated carbocycles. The number of hydrogen-bond donors (Lipinski definition) is 2. The Hall–Kier alpha value is -1.06. The Balaban J connectivity index is 0.00000242. The number of unbranched alkanes of at least 4 members (excludes halogenated alkanes) is 1. The Morgan fingerprint density at radius 2 is 1.95 bits per heavy atom. The second-order valence-corrected chi connectivity index (χ2v) is 6.20. The molecule has 22 heavy (non-hydrogen) atoms. The number of halogens is 1. The Bertz CT molecular complexity index is 458. The highest BCUT2D eigenvalue weighted by Gasteiger charge is 2.17. The zero-order chi connectivity index (χ0) is 15.1. The number of carboxylic acids is 1. The van der Waals surface area contributed by atoms with Gasteiger partial charge in [0.05, 0.1) is 5.92 Å². The number of piperidine rings is 1. The summed E-state index contributed by atoms with van der Waals surface area (Å²) >= 11 is 0. The summed E-state index contributed by atoms with van der Waals surface area (Å²) in [5.74, 6) is -0.262. The van der Waals surface area contributed by atoms with Gasteiger partial charge in [-0.15, -0.1) is 12.4 Å². The average molecular weight is 326 g/mol. The normalized spacial score (nSPS) is 16.8. The van der Waals surface area contributed by atoms with E-state index in [2.05, 4.69) is 11.4 Å². The molecule has 1 aromatic carbocycles. The van der Waals surface area contributed by atoms with Crippen molar-refractivity contribution in [2.24, 2.45) is 5.92 Å². The van der Waals surface area contributed by atoms with E-state index in [1.165, 1.54) is 44.3 Å². The van der Waals surface area contributed by atoms with Gasteiger partial charge in [0.25, 0.3) is 0 Å². The number of aliphatic carboxylic acids is 1. The fourth-order valence-corrected chi connectivity index (χ4v) is 3.24. The third-order valence-electron chi connectivity index (χ3n) is 4.66. The van der Waals surface area contributed by atoms with Gasteiger partial charge in [0, 0.05) is 0 Å². The topological polar surface area (TPSA) is 49.3 Å². The molecule has 1 heterocycles. The smallest absolute Gasteiger partial charge is 0.310 e. The van der Waals surface area contributed by atoms with E-state index in [-0.39, 0.29) is 12.4 Å². The first-order chi connectivity index (χ1) is 10.2. The van der Waals surface area contributed by atoms with Crippen LogP contribution in [0.1, 0.15) is 56.1 Å². The van der Waals surface area contributed by atoms with Gasteiger partial charge in [-0.3, -0.25) is 4.79 Å². The van der Waals surface area contributed by atoms with E-state index in [0.29, 0.717) is 0 Å². The molecule has 3 nitrogen and oxygen atoms in total. The highest BCUT2D eigenvalue weighted by atomic mass is 35.5. The quantitative estimate of drug-likeness (QED) is 0.745. The van der Waals surface area contributed by atoms with Crippen LogP contribution in [0.5, 0.6) is 0 Å². The minimum absolute atomic E-state index is 0. The fourth-order valence-electron chi connectivity index (χ4n) is 3.24. The lowest BCUT2D eigenvalue weighted by Crippen LogP contribution is -2.27. The van der Waals surface area contributed by atoms with Crippen LogP contribution in [-0.4, -0.2) is 24.2 Å². The molecule has 2 N–H and O–H groups in total. The predicted octanol–water partition coefficient (Wildman–Crippen LogP) is 4.01. The van der Waals surface area contributed by atoms with Crippen LogP contribution < -0.4 is 5.32 Å². The summed E-state index contributed by atoms with van der Waals surface area (Å²) in [6.45, 7) is 4.11. The molecule has 0 amide bonds. The largest absolute Gasteiger partial charge is 0.481 e. The van der Waals surface area contributed by atoms with E-state index in [4.69, 9.17) is 0 Å². The van der Waals surface area contributed by atoms with E-state index in [0.717, 1.165) is 24.3 Å². The van der Waals surface area contributed by atoms with E-state index in [1.807, 2.05) is 18.2 Å². The minimum Gasteiger partial charge on any atom is -0.481 e. The Kier molecular flexibility index (Phi) is 8.51. The standard InChI is InChI=1S/C18H27NO2.ClH/c1-14(18(20)21)17-9-5-4-8-16(17)7-3-2-6-15-10-12-19-13-11-15;/h4-5,8-9,14-15,19H,2-3,6-7,10-13H2,1H3,(H,20,21);1H. The first-order valence-electron chi connectivity index (χ1n) is 8.20. The van der Waals surface area contributed by atoms with E-state index >= 15 is 0 Å². The zero-order valence-corrected chi connectivity index (χ0v) is 14.2. The maximum absolute atomic E-state index is 11.2. The van der Waals surface area contributed by atoms with Gasteiger partial charge in [-0.25, -0.2) is 0 Å². The van der Waals surface area contributed by atoms with Gasteiger partial charge in [0.2, 0.25) is 0 Å². The average Bonchev–Trinajstić information content (AvgIpc) is 2.52. The number of hydrogen-bond acceptors (Lipinski definition) is 2. The van der Waals surface area contributed by atoms with E-state index in [1.54, 1.807) is 6.92 Å². The molecular weight excluding hydrogens is 298 g/mol. The predicted molar refractivity (Wildman–Crippen MR) is 92.9 cm³/mol. The third-order valence-corrected chi connectivity index (χ3v) is 4.66. The molecule has 4 heteroatoms. The Morgan fingerprint density at radius 3 is 2.64 bits per heavy atom. The fraction of sp³-hybridized carbons (Fsp3) is 0.611. The number of nitrogens with one attached hydrogen (secondary N) is 1. The summed E-state index contributed by atoms with van der Waals surface area (Å²) in [6, 6.07) is 7.99. The summed E-state index contributed by atoms with van der Waals surface area (Å²) in [5.41, 5.74) is 2.18. The zero-order valence-electron chi connectivity index (χ0n) is 13.4. The van der Waals surface area contributed by atoms with Crippen molar-refractivity contribution >= 4 is 18.4 Å². The van der Waals surface area contributed by atoms with Crippen LogP contribution in [0.4, 0.5) is 0 Å². The minimum atomic E-state index is -0.739. The lowest BCUT2D eigenvalue weighted by molar-refractivity contribution is -0.138. The molecule has 0 aromatic heterocycles. The molecule has 0 bridgehead atoms. The van der Waals surface area contributed by atoms with Crippen LogP contribution in [0, 0.1) is 5.92 Å². The van der Waals surface area contributed by atoms with Gasteiger partial charge < -0.3 is 10.4 Å². The summed E-state index contributed by atoms with van der Waals surface area (Å²) in [6.07, 6.45) is 7.35. The first kappa shape index (κ1) is 19.0. The Labute approximate surface area is 139 Å². The number of rotatable bonds is 7. The number of carboxylic acid groups (broad SMARTS) is 1. The molecule has 1 aliphatic heterocycles. The van der Waals surface area contributed by atoms with Crippen molar-refractivity contribution in [2.45, 2.75) is 51.4 Å². The van der Waals surface area contributed by atoms with Crippen LogP contribution in [0.3, 0.4) is 0 Å². The number of carbonyl (C=O) groups is 1. The molecule has 0 radical (unpaired) electrons. The van der Waals surface area contributed by atoms with Crippen LogP contribution in [0.15, 0.2) is 24.3 Å². The number of benzene rings is 1. The highest BCUT2D eigenvalue weighted by Crippen LogP contribution is 2.23. The molecule has 124 valence electrons. The molecule has 0 spiro atoms. The highest BCUT2D eigenvalue weighted by molar-refractivity contribution is 5.85. The molecule has 2 rings (SSSR count).